The van der Waals surface area contributed by atoms with Crippen LogP contribution in [-0.4, -0.2) is 61.3 Å². The molecular formula is C21H30FN3O4S. The quantitative estimate of drug-likeness (QED) is 0.629. The lowest BCUT2D eigenvalue weighted by molar-refractivity contribution is -0.146. The van der Waals surface area contributed by atoms with E-state index in [2.05, 4.69) is 11.8 Å². The molecule has 3 N–H and O–H groups in total. The van der Waals surface area contributed by atoms with E-state index in [-0.39, 0.29) is 25.3 Å². The lowest BCUT2D eigenvalue weighted by Gasteiger charge is -2.41. The second-order valence-corrected chi connectivity index (χ2v) is 10.1. The number of halogens is 1. The van der Waals surface area contributed by atoms with Crippen LogP contribution < -0.4 is 10.6 Å². The van der Waals surface area contributed by atoms with Gasteiger partial charge in [-0.15, -0.1) is 11.8 Å². The van der Waals surface area contributed by atoms with Gasteiger partial charge in [0.05, 0.1) is 5.75 Å². The molecule has 1 saturated heterocycles. The maximum atomic E-state index is 13.1. The van der Waals surface area contributed by atoms with Gasteiger partial charge in [0.25, 0.3) is 0 Å². The van der Waals surface area contributed by atoms with Crippen LogP contribution in [0.3, 0.4) is 0 Å². The van der Waals surface area contributed by atoms with Crippen molar-refractivity contribution in [2.45, 2.75) is 39.2 Å². The van der Waals surface area contributed by atoms with Crippen molar-refractivity contribution < 1.29 is 22.7 Å². The van der Waals surface area contributed by atoms with Gasteiger partial charge in [0, 0.05) is 50.1 Å². The number of nitrogens with zero attached hydrogens (tertiary/aromatic N) is 2. The average molecular weight is 440 g/mol. The van der Waals surface area contributed by atoms with E-state index in [1.165, 1.54) is 16.4 Å². The molecule has 9 heteroatoms. The molecule has 0 amide bonds. The molecule has 1 unspecified atom stereocenters. The molecule has 1 aromatic rings. The zero-order valence-electron chi connectivity index (χ0n) is 17.7. The number of piperazine rings is 1. The summed E-state index contributed by atoms with van der Waals surface area (Å²) < 4.78 is 40.5. The molecule has 1 fully saturated rings. The normalized spacial score (nSPS) is 17.7. The number of anilines is 1. The summed E-state index contributed by atoms with van der Waals surface area (Å²) in [5, 5.41) is 9.80. The molecule has 30 heavy (non-hydrogen) atoms. The summed E-state index contributed by atoms with van der Waals surface area (Å²) in [4.78, 5) is 14.0. The van der Waals surface area contributed by atoms with Crippen LogP contribution >= 0.6 is 0 Å². The standard InChI is InChI=1S/C21H30FN3O4S/c1-4-5-6-11-20(2,3)21(23,19(26)27)16-30(28,29)25-14-12-24(13-15-25)18-9-7-17(22)8-10-18/h7-10H,4,11-16,23H2,1-3H3,(H,26,27). The van der Waals surface area contributed by atoms with Crippen LogP contribution in [0.1, 0.15) is 33.6 Å². The Morgan fingerprint density at radius 2 is 1.73 bits per heavy atom. The Morgan fingerprint density at radius 3 is 2.23 bits per heavy atom. The number of rotatable bonds is 7. The number of carbonyl (C=O) groups is 1. The second kappa shape index (κ2) is 9.33. The Hall–Kier alpha value is -2.15. The first-order valence-electron chi connectivity index (χ1n) is 9.89. The minimum absolute atomic E-state index is 0.178. The summed E-state index contributed by atoms with van der Waals surface area (Å²) in [6.45, 7) is 6.38. The molecule has 0 radical (unpaired) electrons. The van der Waals surface area contributed by atoms with Gasteiger partial charge in [-0.1, -0.05) is 20.8 Å². The third kappa shape index (κ3) is 5.31. The van der Waals surface area contributed by atoms with Crippen LogP contribution in [0.15, 0.2) is 24.3 Å². The molecule has 0 bridgehead atoms. The maximum Gasteiger partial charge on any atom is 0.325 e. The predicted molar refractivity (Wildman–Crippen MR) is 115 cm³/mol. The van der Waals surface area contributed by atoms with Crippen molar-refractivity contribution in [2.75, 3.05) is 36.8 Å². The van der Waals surface area contributed by atoms with Crippen LogP contribution in [0.25, 0.3) is 0 Å². The van der Waals surface area contributed by atoms with Crippen molar-refractivity contribution in [1.82, 2.24) is 4.31 Å². The van der Waals surface area contributed by atoms with Crippen LogP contribution in [0.4, 0.5) is 10.1 Å². The van der Waals surface area contributed by atoms with Crippen LogP contribution in [-0.2, 0) is 14.8 Å². The number of hydrogen-bond donors (Lipinski definition) is 2. The van der Waals surface area contributed by atoms with Gasteiger partial charge >= 0.3 is 5.97 Å². The van der Waals surface area contributed by atoms with E-state index in [1.807, 2.05) is 11.8 Å². The lowest BCUT2D eigenvalue weighted by atomic mass is 9.71. The summed E-state index contributed by atoms with van der Waals surface area (Å²) >= 11 is 0. The van der Waals surface area contributed by atoms with E-state index in [4.69, 9.17) is 5.73 Å². The van der Waals surface area contributed by atoms with E-state index >= 15 is 0 Å². The Kier molecular flexibility index (Phi) is 7.50. The van der Waals surface area contributed by atoms with Gasteiger partial charge < -0.3 is 15.7 Å². The third-order valence-electron chi connectivity index (χ3n) is 5.66. The molecule has 1 aromatic carbocycles. The zero-order chi connectivity index (χ0) is 22.6. The van der Waals surface area contributed by atoms with Gasteiger partial charge in [0.2, 0.25) is 10.0 Å². The topological polar surface area (TPSA) is 104 Å². The minimum Gasteiger partial charge on any atom is -0.480 e. The Morgan fingerprint density at radius 1 is 1.17 bits per heavy atom. The SMILES string of the molecule is CCC#CCC(C)(C)C(N)(CS(=O)(=O)N1CCN(c2ccc(F)cc2)CC1)C(=O)O. The van der Waals surface area contributed by atoms with Gasteiger partial charge in [-0.05, 0) is 24.3 Å². The number of hydrogen-bond acceptors (Lipinski definition) is 5. The molecule has 2 rings (SSSR count). The van der Waals surface area contributed by atoms with Gasteiger partial charge in [-0.2, -0.15) is 4.31 Å². The number of nitrogens with two attached hydrogens (primary N) is 1. The van der Waals surface area contributed by atoms with Crippen LogP contribution in [0.5, 0.6) is 0 Å². The first-order chi connectivity index (χ1) is 13.9. The Balaban J connectivity index is 2.13. The number of carboxylic acids is 1. The Bertz CT molecular complexity index is 914. The van der Waals surface area contributed by atoms with Gasteiger partial charge in [0.1, 0.15) is 11.4 Å². The highest BCUT2D eigenvalue weighted by Gasteiger charge is 2.52. The number of sulfonamides is 1. The summed E-state index contributed by atoms with van der Waals surface area (Å²) in [5.41, 5.74) is 3.98. The molecule has 1 aliphatic heterocycles. The highest BCUT2D eigenvalue weighted by molar-refractivity contribution is 7.89. The molecule has 1 aliphatic rings. The molecule has 1 heterocycles. The first kappa shape index (κ1) is 24.1. The fraction of sp³-hybridized carbons (Fsp3) is 0.571. The zero-order valence-corrected chi connectivity index (χ0v) is 18.5. The predicted octanol–water partition coefficient (Wildman–Crippen LogP) is 1.89. The first-order valence-corrected chi connectivity index (χ1v) is 11.5. The van der Waals surface area contributed by atoms with Crippen molar-refractivity contribution in [3.8, 4) is 11.8 Å². The monoisotopic (exact) mass is 439 g/mol. The molecule has 7 nitrogen and oxygen atoms in total. The van der Waals surface area contributed by atoms with Gasteiger partial charge in [-0.25, -0.2) is 12.8 Å². The lowest BCUT2D eigenvalue weighted by Crippen LogP contribution is -2.64. The highest BCUT2D eigenvalue weighted by Crippen LogP contribution is 2.35. The molecule has 0 aliphatic carbocycles. The van der Waals surface area contributed by atoms with Crippen molar-refractivity contribution in [1.29, 1.82) is 0 Å². The molecule has 0 spiro atoms. The second-order valence-electron chi connectivity index (χ2n) is 8.16. The molecular weight excluding hydrogens is 409 g/mol. The molecule has 0 aromatic heterocycles. The highest BCUT2D eigenvalue weighted by atomic mass is 32.2. The molecule has 1 atom stereocenters. The van der Waals surface area contributed by atoms with Crippen molar-refractivity contribution in [3.63, 3.8) is 0 Å². The van der Waals surface area contributed by atoms with Crippen LogP contribution in [0, 0.1) is 23.1 Å². The average Bonchev–Trinajstić information content (AvgIpc) is 2.68. The Labute approximate surface area is 178 Å². The third-order valence-corrected chi connectivity index (χ3v) is 7.63. The minimum atomic E-state index is -3.92. The fourth-order valence-electron chi connectivity index (χ4n) is 3.37. The maximum absolute atomic E-state index is 13.1. The molecule has 166 valence electrons. The van der Waals surface area contributed by atoms with Gasteiger partial charge in [0.15, 0.2) is 0 Å². The summed E-state index contributed by atoms with van der Waals surface area (Å²) in [5.74, 6) is 3.37. The van der Waals surface area contributed by atoms with E-state index in [1.54, 1.807) is 26.0 Å². The van der Waals surface area contributed by atoms with E-state index in [0.29, 0.717) is 19.5 Å². The smallest absolute Gasteiger partial charge is 0.325 e. The summed E-state index contributed by atoms with van der Waals surface area (Å²) in [7, 11) is -3.92. The summed E-state index contributed by atoms with van der Waals surface area (Å²) in [6, 6.07) is 6.01. The van der Waals surface area contributed by atoms with E-state index < -0.39 is 32.7 Å². The largest absolute Gasteiger partial charge is 0.480 e. The van der Waals surface area contributed by atoms with Crippen LogP contribution in [0.2, 0.25) is 0 Å². The number of aliphatic carboxylic acids is 1. The summed E-state index contributed by atoms with van der Waals surface area (Å²) in [6.07, 6.45) is 0.800. The molecule has 0 saturated carbocycles. The van der Waals surface area contributed by atoms with Crippen molar-refractivity contribution in [3.05, 3.63) is 30.1 Å². The number of carboxylic acid groups (broad SMARTS) is 1. The fourth-order valence-corrected chi connectivity index (χ4v) is 5.36. The van der Waals surface area contributed by atoms with E-state index in [0.717, 1.165) is 5.69 Å². The van der Waals surface area contributed by atoms with Gasteiger partial charge in [-0.3, -0.25) is 4.79 Å². The van der Waals surface area contributed by atoms with Crippen molar-refractivity contribution >= 4 is 21.7 Å². The van der Waals surface area contributed by atoms with E-state index in [9.17, 15) is 22.7 Å². The number of benzene rings is 1. The van der Waals surface area contributed by atoms with Crippen molar-refractivity contribution in [2.24, 2.45) is 11.1 Å².